The van der Waals surface area contributed by atoms with Gasteiger partial charge in [0.05, 0.1) is 19.8 Å². The van der Waals surface area contributed by atoms with Crippen molar-refractivity contribution >= 4 is 5.91 Å². The highest BCUT2D eigenvalue weighted by molar-refractivity contribution is 5.78. The normalized spacial score (nSPS) is 14.6. The second-order valence-corrected chi connectivity index (χ2v) is 11.3. The number of amides is 1. The quantitative estimate of drug-likeness (QED) is 0.219. The van der Waals surface area contributed by atoms with Crippen LogP contribution in [0.3, 0.4) is 0 Å². The fourth-order valence-electron chi connectivity index (χ4n) is 4.79. The molecule has 8 heteroatoms. The smallest absolute Gasteiger partial charge is 0.223 e. The number of halogens is 1. The van der Waals surface area contributed by atoms with Crippen LogP contribution in [-0.2, 0) is 22.5 Å². The largest absolute Gasteiger partial charge is 0.493 e. The summed E-state index contributed by atoms with van der Waals surface area (Å²) in [6.07, 6.45) is 1.65. The number of nitrogens with one attached hydrogen (secondary N) is 1. The summed E-state index contributed by atoms with van der Waals surface area (Å²) in [6.45, 7) is 9.73. The molecule has 0 aliphatic carbocycles. The standard InChI is InChI=1S/C32H49FN2O5/c1-21(2)25(16-24-10-13-30(39-6)31(17-24)40-15-7-14-38-5)18-28(34)29(36)19-27(22(3)4)32(37)35-20-23-8-11-26(33)12-9-23/h8-13,17,21-22,25,27-29,36H,7,14-16,18-20,34H2,1-6H3,(H,35,37)/t25-,27-,28-,29-/m0/s1. The molecule has 0 fully saturated rings. The van der Waals surface area contributed by atoms with Gasteiger partial charge in [-0.3, -0.25) is 4.79 Å². The minimum Gasteiger partial charge on any atom is -0.493 e. The van der Waals surface area contributed by atoms with Crippen LogP contribution >= 0.6 is 0 Å². The van der Waals surface area contributed by atoms with Crippen molar-refractivity contribution in [2.45, 2.75) is 72.1 Å². The number of nitrogens with two attached hydrogens (primary N) is 1. The molecular weight excluding hydrogens is 511 g/mol. The molecule has 0 saturated heterocycles. The van der Waals surface area contributed by atoms with Gasteiger partial charge in [0.25, 0.3) is 0 Å². The van der Waals surface area contributed by atoms with Gasteiger partial charge in [-0.2, -0.15) is 0 Å². The van der Waals surface area contributed by atoms with E-state index >= 15 is 0 Å². The number of aliphatic hydroxyl groups excluding tert-OH is 1. The predicted octanol–water partition coefficient (Wildman–Crippen LogP) is 5.12. The lowest BCUT2D eigenvalue weighted by molar-refractivity contribution is -0.127. The maximum atomic E-state index is 13.2. The summed E-state index contributed by atoms with van der Waals surface area (Å²) in [6, 6.07) is 11.6. The summed E-state index contributed by atoms with van der Waals surface area (Å²) in [4.78, 5) is 13.0. The molecule has 0 bridgehead atoms. The van der Waals surface area contributed by atoms with Gasteiger partial charge in [-0.25, -0.2) is 4.39 Å². The molecule has 0 spiro atoms. The zero-order chi connectivity index (χ0) is 29.7. The molecule has 0 heterocycles. The Balaban J connectivity index is 2.00. The molecule has 0 radical (unpaired) electrons. The predicted molar refractivity (Wildman–Crippen MR) is 157 cm³/mol. The highest BCUT2D eigenvalue weighted by atomic mass is 19.1. The Labute approximate surface area is 239 Å². The minimum absolute atomic E-state index is 0.0255. The summed E-state index contributed by atoms with van der Waals surface area (Å²) in [5.74, 6) is 1.14. The highest BCUT2D eigenvalue weighted by Gasteiger charge is 2.29. The third kappa shape index (κ3) is 11.1. The molecule has 2 rings (SSSR count). The van der Waals surface area contributed by atoms with Gasteiger partial charge in [0.1, 0.15) is 5.82 Å². The summed E-state index contributed by atoms with van der Waals surface area (Å²) < 4.78 is 29.7. The molecule has 0 aromatic heterocycles. The van der Waals surface area contributed by atoms with Gasteiger partial charge < -0.3 is 30.4 Å². The first-order chi connectivity index (χ1) is 19.0. The molecule has 0 aliphatic heterocycles. The van der Waals surface area contributed by atoms with Crippen LogP contribution in [-0.4, -0.2) is 50.6 Å². The van der Waals surface area contributed by atoms with E-state index in [4.69, 9.17) is 19.9 Å². The van der Waals surface area contributed by atoms with Crippen LogP contribution in [0.2, 0.25) is 0 Å². The fraction of sp³-hybridized carbons (Fsp3) is 0.594. The Kier molecular flexibility index (Phi) is 14.4. The zero-order valence-corrected chi connectivity index (χ0v) is 25.0. The summed E-state index contributed by atoms with van der Waals surface area (Å²) >= 11 is 0. The lowest BCUT2D eigenvalue weighted by Gasteiger charge is -2.30. The average Bonchev–Trinajstić information content (AvgIpc) is 2.92. The number of ether oxygens (including phenoxy) is 3. The SMILES string of the molecule is COCCCOc1cc(C[C@@H](C[C@H](N)[C@@H](O)C[C@H](C(=O)NCc2ccc(F)cc2)C(C)C)C(C)C)ccc1OC. The Morgan fingerprint density at radius 2 is 1.62 bits per heavy atom. The van der Waals surface area contributed by atoms with Gasteiger partial charge in [0.2, 0.25) is 5.91 Å². The molecule has 4 atom stereocenters. The van der Waals surface area contributed by atoms with Crippen LogP contribution in [0.4, 0.5) is 4.39 Å². The van der Waals surface area contributed by atoms with Gasteiger partial charge in [0, 0.05) is 38.6 Å². The third-order valence-electron chi connectivity index (χ3n) is 7.51. The van der Waals surface area contributed by atoms with Crippen molar-refractivity contribution in [3.05, 3.63) is 59.4 Å². The van der Waals surface area contributed by atoms with E-state index in [0.717, 1.165) is 24.0 Å². The number of carbonyl (C=O) groups is 1. The van der Waals surface area contributed by atoms with Crippen LogP contribution in [0.1, 0.15) is 58.1 Å². The van der Waals surface area contributed by atoms with E-state index < -0.39 is 18.1 Å². The van der Waals surface area contributed by atoms with Crippen LogP contribution in [0.25, 0.3) is 0 Å². The first-order valence-corrected chi connectivity index (χ1v) is 14.3. The molecule has 40 heavy (non-hydrogen) atoms. The van der Waals surface area contributed by atoms with E-state index in [1.807, 2.05) is 32.0 Å². The van der Waals surface area contributed by atoms with Crippen molar-refractivity contribution in [3.63, 3.8) is 0 Å². The second-order valence-electron chi connectivity index (χ2n) is 11.3. The van der Waals surface area contributed by atoms with Gasteiger partial charge in [-0.1, -0.05) is 45.9 Å². The Hall–Kier alpha value is -2.68. The van der Waals surface area contributed by atoms with Gasteiger partial charge >= 0.3 is 0 Å². The van der Waals surface area contributed by atoms with E-state index in [9.17, 15) is 14.3 Å². The Bertz CT molecular complexity index is 1010. The third-order valence-corrected chi connectivity index (χ3v) is 7.51. The molecule has 0 aliphatic rings. The van der Waals surface area contributed by atoms with Crippen molar-refractivity contribution in [2.24, 2.45) is 29.4 Å². The molecule has 0 saturated carbocycles. The molecule has 2 aromatic carbocycles. The average molecular weight is 561 g/mol. The topological polar surface area (TPSA) is 103 Å². The van der Waals surface area contributed by atoms with E-state index in [1.54, 1.807) is 26.4 Å². The summed E-state index contributed by atoms with van der Waals surface area (Å²) in [5.41, 5.74) is 8.46. The number of methoxy groups -OCH3 is 2. The highest BCUT2D eigenvalue weighted by Crippen LogP contribution is 2.31. The number of hydrogen-bond donors (Lipinski definition) is 3. The number of rotatable bonds is 18. The maximum Gasteiger partial charge on any atom is 0.223 e. The lowest BCUT2D eigenvalue weighted by Crippen LogP contribution is -2.42. The van der Waals surface area contributed by atoms with Crippen molar-refractivity contribution in [3.8, 4) is 11.5 Å². The van der Waals surface area contributed by atoms with E-state index in [-0.39, 0.29) is 30.0 Å². The summed E-state index contributed by atoms with van der Waals surface area (Å²) in [5, 5.41) is 14.0. The molecule has 1 amide bonds. The van der Waals surface area contributed by atoms with Crippen molar-refractivity contribution in [2.75, 3.05) is 27.4 Å². The number of carbonyl (C=O) groups excluding carboxylic acids is 1. The Morgan fingerprint density at radius 1 is 0.950 bits per heavy atom. The van der Waals surface area contributed by atoms with Crippen LogP contribution in [0, 0.1) is 29.5 Å². The van der Waals surface area contributed by atoms with Crippen LogP contribution in [0.15, 0.2) is 42.5 Å². The van der Waals surface area contributed by atoms with Crippen molar-refractivity contribution in [1.29, 1.82) is 0 Å². The van der Waals surface area contributed by atoms with Gasteiger partial charge in [-0.05, 0) is 72.4 Å². The molecule has 4 N–H and O–H groups in total. The zero-order valence-electron chi connectivity index (χ0n) is 25.0. The summed E-state index contributed by atoms with van der Waals surface area (Å²) in [7, 11) is 3.30. The second kappa shape index (κ2) is 17.2. The molecule has 2 aromatic rings. The number of benzene rings is 2. The van der Waals surface area contributed by atoms with Crippen LogP contribution < -0.4 is 20.5 Å². The van der Waals surface area contributed by atoms with Crippen LogP contribution in [0.5, 0.6) is 11.5 Å². The number of aliphatic hydroxyl groups is 1. The maximum absolute atomic E-state index is 13.2. The van der Waals surface area contributed by atoms with Crippen molar-refractivity contribution in [1.82, 2.24) is 5.32 Å². The number of hydrogen-bond acceptors (Lipinski definition) is 6. The molecular formula is C32H49FN2O5. The van der Waals surface area contributed by atoms with E-state index in [1.165, 1.54) is 12.1 Å². The van der Waals surface area contributed by atoms with E-state index in [0.29, 0.717) is 43.6 Å². The van der Waals surface area contributed by atoms with Crippen molar-refractivity contribution < 1.29 is 28.5 Å². The first kappa shape index (κ1) is 33.5. The Morgan fingerprint density at radius 3 is 2.23 bits per heavy atom. The molecule has 7 nitrogen and oxygen atoms in total. The first-order valence-electron chi connectivity index (χ1n) is 14.3. The molecule has 0 unspecified atom stereocenters. The van der Waals surface area contributed by atoms with Gasteiger partial charge in [0.15, 0.2) is 11.5 Å². The van der Waals surface area contributed by atoms with Gasteiger partial charge in [-0.15, -0.1) is 0 Å². The van der Waals surface area contributed by atoms with E-state index in [2.05, 4.69) is 19.2 Å². The molecule has 224 valence electrons. The fourth-order valence-corrected chi connectivity index (χ4v) is 4.79. The lowest BCUT2D eigenvalue weighted by atomic mass is 9.81. The monoisotopic (exact) mass is 560 g/mol. The minimum atomic E-state index is -0.819.